The van der Waals surface area contributed by atoms with E-state index in [2.05, 4.69) is 24.1 Å². The van der Waals surface area contributed by atoms with Gasteiger partial charge in [0.1, 0.15) is 5.82 Å². The van der Waals surface area contributed by atoms with Crippen LogP contribution in [-0.2, 0) is 19.4 Å². The highest BCUT2D eigenvalue weighted by molar-refractivity contribution is 5.40. The average molecular weight is 291 g/mol. The number of hydrogen-bond donors (Lipinski definition) is 1. The van der Waals surface area contributed by atoms with Gasteiger partial charge in [0, 0.05) is 31.6 Å². The summed E-state index contributed by atoms with van der Waals surface area (Å²) in [4.78, 5) is 4.65. The van der Waals surface area contributed by atoms with Crippen LogP contribution >= 0.6 is 0 Å². The van der Waals surface area contributed by atoms with E-state index >= 15 is 0 Å². The molecule has 0 spiro atoms. The predicted molar refractivity (Wildman–Crippen MR) is 77.4 cm³/mol. The number of nitrogens with zero attached hydrogens (tertiary/aromatic N) is 2. The van der Waals surface area contributed by atoms with Gasteiger partial charge >= 0.3 is 0 Å². The molecular formula is C16H19F2N3. The van der Waals surface area contributed by atoms with Crippen LogP contribution in [-0.4, -0.2) is 16.1 Å². The molecule has 0 aliphatic carbocycles. The third-order valence-electron chi connectivity index (χ3n) is 3.72. The Kier molecular flexibility index (Phi) is 3.76. The minimum atomic E-state index is -0.820. The van der Waals surface area contributed by atoms with E-state index in [-0.39, 0.29) is 5.69 Å². The first kappa shape index (κ1) is 14.2. The molecule has 0 saturated carbocycles. The van der Waals surface area contributed by atoms with Gasteiger partial charge in [-0.25, -0.2) is 13.8 Å². The Morgan fingerprint density at radius 3 is 2.90 bits per heavy atom. The van der Waals surface area contributed by atoms with Crippen molar-refractivity contribution in [1.82, 2.24) is 14.9 Å². The number of fused-ring (bicyclic) bond motifs is 1. The average Bonchev–Trinajstić information content (AvgIpc) is 2.79. The second-order valence-electron chi connectivity index (χ2n) is 5.85. The Labute approximate surface area is 123 Å². The predicted octanol–water partition coefficient (Wildman–Crippen LogP) is 2.99. The zero-order valence-corrected chi connectivity index (χ0v) is 12.3. The highest BCUT2D eigenvalue weighted by Crippen LogP contribution is 2.26. The minimum Gasteiger partial charge on any atom is -0.311 e. The number of aromatic nitrogens is 2. The smallest absolute Gasteiger partial charge is 0.182 e. The molecule has 0 bridgehead atoms. The second kappa shape index (κ2) is 5.56. The molecule has 0 atom stereocenters. The lowest BCUT2D eigenvalue weighted by Gasteiger charge is -2.17. The van der Waals surface area contributed by atoms with E-state index in [1.54, 1.807) is 12.1 Å². The molecule has 3 rings (SSSR count). The number of imidazole rings is 1. The van der Waals surface area contributed by atoms with Crippen LogP contribution in [0, 0.1) is 17.6 Å². The maximum absolute atomic E-state index is 14.2. The van der Waals surface area contributed by atoms with Crippen LogP contribution in [0.25, 0.3) is 5.69 Å². The largest absolute Gasteiger partial charge is 0.311 e. The minimum absolute atomic E-state index is 0.265. The molecule has 1 aliphatic heterocycles. The molecule has 0 saturated heterocycles. The third-order valence-corrected chi connectivity index (χ3v) is 3.72. The van der Waals surface area contributed by atoms with Gasteiger partial charge in [-0.05, 0) is 18.1 Å². The van der Waals surface area contributed by atoms with Crippen LogP contribution in [0.15, 0.2) is 18.2 Å². The Balaban J connectivity index is 2.19. The fraction of sp³-hybridized carbons (Fsp3) is 0.438. The molecule has 1 N–H and O–H groups in total. The molecule has 0 fully saturated rings. The SMILES string of the molecule is CC(C)Cc1nc2c(n1-c1cccc(F)c1F)CCNC2. The van der Waals surface area contributed by atoms with Crippen molar-refractivity contribution >= 4 is 0 Å². The molecule has 112 valence electrons. The number of benzene rings is 1. The van der Waals surface area contributed by atoms with Gasteiger partial charge in [-0.15, -0.1) is 0 Å². The molecule has 0 unspecified atom stereocenters. The molecule has 21 heavy (non-hydrogen) atoms. The lowest BCUT2D eigenvalue weighted by molar-refractivity contribution is 0.500. The monoisotopic (exact) mass is 291 g/mol. The summed E-state index contributed by atoms with van der Waals surface area (Å²) in [6, 6.07) is 4.30. The van der Waals surface area contributed by atoms with Crippen LogP contribution in [0.2, 0.25) is 0 Å². The van der Waals surface area contributed by atoms with Crippen molar-refractivity contribution in [2.45, 2.75) is 33.2 Å². The Hall–Kier alpha value is -1.75. The summed E-state index contributed by atoms with van der Waals surface area (Å²) in [6.45, 7) is 5.71. The van der Waals surface area contributed by atoms with E-state index in [1.165, 1.54) is 0 Å². The van der Waals surface area contributed by atoms with E-state index in [1.807, 2.05) is 4.57 Å². The van der Waals surface area contributed by atoms with Crippen LogP contribution in [0.4, 0.5) is 8.78 Å². The molecule has 2 aromatic rings. The number of halogens is 2. The molecule has 1 aromatic carbocycles. The van der Waals surface area contributed by atoms with Gasteiger partial charge in [-0.2, -0.15) is 0 Å². The lowest BCUT2D eigenvalue weighted by atomic mass is 10.1. The van der Waals surface area contributed by atoms with Crippen molar-refractivity contribution in [3.05, 3.63) is 47.0 Å². The summed E-state index contributed by atoms with van der Waals surface area (Å²) in [5, 5.41) is 3.27. The van der Waals surface area contributed by atoms with Crippen LogP contribution in [0.5, 0.6) is 0 Å². The van der Waals surface area contributed by atoms with Crippen molar-refractivity contribution in [3.8, 4) is 5.69 Å². The third kappa shape index (κ3) is 2.58. The number of rotatable bonds is 3. The highest BCUT2D eigenvalue weighted by Gasteiger charge is 2.23. The fourth-order valence-electron chi connectivity index (χ4n) is 2.82. The highest BCUT2D eigenvalue weighted by atomic mass is 19.2. The standard InChI is InChI=1S/C16H19F2N3/c1-10(2)8-15-20-12-9-19-7-6-13(12)21(15)14-5-3-4-11(17)16(14)18/h3-5,10,19H,6-9H2,1-2H3. The van der Waals surface area contributed by atoms with Gasteiger partial charge < -0.3 is 5.32 Å². The van der Waals surface area contributed by atoms with E-state index in [0.717, 1.165) is 42.7 Å². The van der Waals surface area contributed by atoms with Crippen LogP contribution in [0.3, 0.4) is 0 Å². The van der Waals surface area contributed by atoms with Crippen molar-refractivity contribution in [3.63, 3.8) is 0 Å². The van der Waals surface area contributed by atoms with E-state index in [9.17, 15) is 8.78 Å². The summed E-state index contributed by atoms with van der Waals surface area (Å²) in [7, 11) is 0. The molecule has 5 heteroatoms. The van der Waals surface area contributed by atoms with Crippen molar-refractivity contribution in [1.29, 1.82) is 0 Å². The summed E-state index contributed by atoms with van der Waals surface area (Å²) < 4.78 is 29.6. The quantitative estimate of drug-likeness (QED) is 0.942. The first-order valence-corrected chi connectivity index (χ1v) is 7.32. The Morgan fingerprint density at radius 2 is 2.14 bits per heavy atom. The van der Waals surface area contributed by atoms with E-state index in [0.29, 0.717) is 12.5 Å². The van der Waals surface area contributed by atoms with Crippen LogP contribution in [0.1, 0.15) is 31.1 Å². The Morgan fingerprint density at radius 1 is 1.33 bits per heavy atom. The first-order chi connectivity index (χ1) is 10.1. The summed E-state index contributed by atoms with van der Waals surface area (Å²) >= 11 is 0. The van der Waals surface area contributed by atoms with Gasteiger partial charge in [0.05, 0.1) is 11.4 Å². The van der Waals surface area contributed by atoms with Gasteiger partial charge in [0.15, 0.2) is 11.6 Å². The zero-order valence-electron chi connectivity index (χ0n) is 12.3. The van der Waals surface area contributed by atoms with E-state index < -0.39 is 11.6 Å². The lowest BCUT2D eigenvalue weighted by Crippen LogP contribution is -2.25. The summed E-state index contributed by atoms with van der Waals surface area (Å²) in [5.41, 5.74) is 2.20. The van der Waals surface area contributed by atoms with Gasteiger partial charge in [0.2, 0.25) is 0 Å². The summed E-state index contributed by atoms with van der Waals surface area (Å²) in [6.07, 6.45) is 1.51. The van der Waals surface area contributed by atoms with Crippen LogP contribution < -0.4 is 5.32 Å². The normalized spacial score (nSPS) is 14.5. The summed E-state index contributed by atoms with van der Waals surface area (Å²) in [5.74, 6) is -0.416. The van der Waals surface area contributed by atoms with Crippen molar-refractivity contribution in [2.75, 3.05) is 6.54 Å². The zero-order chi connectivity index (χ0) is 15.0. The fourth-order valence-corrected chi connectivity index (χ4v) is 2.82. The molecule has 0 radical (unpaired) electrons. The van der Waals surface area contributed by atoms with Gasteiger partial charge in [0.25, 0.3) is 0 Å². The topological polar surface area (TPSA) is 29.9 Å². The van der Waals surface area contributed by atoms with Gasteiger partial charge in [-0.1, -0.05) is 19.9 Å². The first-order valence-electron chi connectivity index (χ1n) is 7.32. The number of hydrogen-bond acceptors (Lipinski definition) is 2. The molecule has 2 heterocycles. The maximum atomic E-state index is 14.2. The number of nitrogens with one attached hydrogen (secondary N) is 1. The Bertz CT molecular complexity index is 662. The molecular weight excluding hydrogens is 272 g/mol. The van der Waals surface area contributed by atoms with Gasteiger partial charge in [-0.3, -0.25) is 4.57 Å². The van der Waals surface area contributed by atoms with Crippen molar-refractivity contribution < 1.29 is 8.78 Å². The van der Waals surface area contributed by atoms with E-state index in [4.69, 9.17) is 0 Å². The second-order valence-corrected chi connectivity index (χ2v) is 5.85. The molecule has 3 nitrogen and oxygen atoms in total. The molecule has 1 aromatic heterocycles. The molecule has 0 amide bonds. The maximum Gasteiger partial charge on any atom is 0.182 e. The van der Waals surface area contributed by atoms with Crippen molar-refractivity contribution in [2.24, 2.45) is 5.92 Å². The molecule has 1 aliphatic rings.